The van der Waals surface area contributed by atoms with Crippen molar-refractivity contribution < 1.29 is 9.84 Å². The first-order valence-electron chi connectivity index (χ1n) is 6.37. The fourth-order valence-corrected chi connectivity index (χ4v) is 2.95. The molecule has 1 aromatic rings. The van der Waals surface area contributed by atoms with Gasteiger partial charge in [-0.25, -0.2) is 0 Å². The van der Waals surface area contributed by atoms with Gasteiger partial charge in [0.15, 0.2) is 11.5 Å². The second kappa shape index (κ2) is 3.39. The Hall–Kier alpha value is -1.22. The maximum atomic E-state index is 10.3. The van der Waals surface area contributed by atoms with Gasteiger partial charge < -0.3 is 15.6 Å². The summed E-state index contributed by atoms with van der Waals surface area (Å²) in [4.78, 5) is 0. The van der Waals surface area contributed by atoms with Crippen LogP contribution in [0.2, 0.25) is 0 Å². The zero-order chi connectivity index (χ0) is 12.1. The third kappa shape index (κ3) is 1.45. The fourth-order valence-electron chi connectivity index (χ4n) is 2.95. The lowest BCUT2D eigenvalue weighted by Gasteiger charge is -2.25. The van der Waals surface area contributed by atoms with Crippen LogP contribution in [0.4, 0.5) is 0 Å². The van der Waals surface area contributed by atoms with E-state index >= 15 is 0 Å². The first-order chi connectivity index (χ1) is 8.13. The van der Waals surface area contributed by atoms with E-state index in [0.717, 1.165) is 31.2 Å². The summed E-state index contributed by atoms with van der Waals surface area (Å²) >= 11 is 0. The molecule has 3 heteroatoms. The molecule has 0 aromatic heterocycles. The number of hydrogen-bond donors (Lipinski definition) is 2. The normalized spacial score (nSPS) is 23.2. The monoisotopic (exact) mass is 233 g/mol. The third-order valence-electron chi connectivity index (χ3n) is 4.31. The second-order valence-corrected chi connectivity index (χ2v) is 5.32. The molecule has 3 nitrogen and oxygen atoms in total. The van der Waals surface area contributed by atoms with Crippen molar-refractivity contribution in [1.82, 2.24) is 0 Å². The Labute approximate surface area is 102 Å². The first kappa shape index (κ1) is 10.9. The Kier molecular flexibility index (Phi) is 2.17. The lowest BCUT2D eigenvalue weighted by molar-refractivity contribution is 0.313. The molecule has 2 fully saturated rings. The standard InChI is InChI=1S/C14H19NO2/c1-2-17-11-5-3-4-10(12(11)16)13(6-7-13)14(15)8-9-14/h3-5,16H,2,6-9,15H2,1H3. The summed E-state index contributed by atoms with van der Waals surface area (Å²) in [6.07, 6.45) is 4.33. The molecule has 0 bridgehead atoms. The second-order valence-electron chi connectivity index (χ2n) is 5.32. The lowest BCUT2D eigenvalue weighted by atomic mass is 9.85. The largest absolute Gasteiger partial charge is 0.504 e. The zero-order valence-corrected chi connectivity index (χ0v) is 10.2. The van der Waals surface area contributed by atoms with Gasteiger partial charge in [-0.15, -0.1) is 0 Å². The molecule has 1 aromatic carbocycles. The Morgan fingerprint density at radius 3 is 2.53 bits per heavy atom. The average molecular weight is 233 g/mol. The number of benzene rings is 1. The number of hydrogen-bond acceptors (Lipinski definition) is 3. The van der Waals surface area contributed by atoms with Crippen LogP contribution < -0.4 is 10.5 Å². The molecular formula is C14H19NO2. The van der Waals surface area contributed by atoms with E-state index < -0.39 is 0 Å². The molecule has 0 radical (unpaired) electrons. The van der Waals surface area contributed by atoms with Gasteiger partial charge in [0, 0.05) is 16.5 Å². The summed E-state index contributed by atoms with van der Waals surface area (Å²) in [5, 5.41) is 10.3. The topological polar surface area (TPSA) is 55.5 Å². The molecule has 0 spiro atoms. The highest BCUT2D eigenvalue weighted by Crippen LogP contribution is 2.65. The molecule has 2 aliphatic carbocycles. The Morgan fingerprint density at radius 1 is 1.29 bits per heavy atom. The van der Waals surface area contributed by atoms with Gasteiger partial charge in [-0.1, -0.05) is 12.1 Å². The van der Waals surface area contributed by atoms with Gasteiger partial charge in [-0.05, 0) is 38.7 Å². The van der Waals surface area contributed by atoms with Crippen molar-refractivity contribution in [2.75, 3.05) is 6.61 Å². The minimum absolute atomic E-state index is 0.0181. The van der Waals surface area contributed by atoms with Crippen molar-refractivity contribution in [3.63, 3.8) is 0 Å². The molecule has 0 heterocycles. The average Bonchev–Trinajstić information content (AvgIpc) is 3.18. The number of para-hydroxylation sites is 1. The Bertz CT molecular complexity index is 448. The number of ether oxygens (including phenoxy) is 1. The highest BCUT2D eigenvalue weighted by molar-refractivity contribution is 5.54. The van der Waals surface area contributed by atoms with Crippen LogP contribution in [0.15, 0.2) is 18.2 Å². The van der Waals surface area contributed by atoms with E-state index in [1.165, 1.54) is 0 Å². The molecule has 92 valence electrons. The maximum Gasteiger partial charge on any atom is 0.161 e. The SMILES string of the molecule is CCOc1cccc(C2(C3(N)CC3)CC2)c1O. The van der Waals surface area contributed by atoms with Gasteiger partial charge in [0.1, 0.15) is 0 Å². The van der Waals surface area contributed by atoms with Gasteiger partial charge >= 0.3 is 0 Å². The number of phenols is 1. The highest BCUT2D eigenvalue weighted by Gasteiger charge is 2.65. The van der Waals surface area contributed by atoms with Crippen molar-refractivity contribution in [2.45, 2.75) is 43.6 Å². The quantitative estimate of drug-likeness (QED) is 0.839. The Morgan fingerprint density at radius 2 is 2.00 bits per heavy atom. The maximum absolute atomic E-state index is 10.3. The van der Waals surface area contributed by atoms with Gasteiger partial charge in [0.2, 0.25) is 0 Å². The number of aromatic hydroxyl groups is 1. The van der Waals surface area contributed by atoms with Gasteiger partial charge in [0.25, 0.3) is 0 Å². The van der Waals surface area contributed by atoms with E-state index in [-0.39, 0.29) is 11.0 Å². The fraction of sp³-hybridized carbons (Fsp3) is 0.571. The molecule has 0 atom stereocenters. The van der Waals surface area contributed by atoms with Gasteiger partial charge in [-0.2, -0.15) is 0 Å². The molecule has 3 rings (SSSR count). The van der Waals surface area contributed by atoms with Crippen LogP contribution in [0, 0.1) is 0 Å². The smallest absolute Gasteiger partial charge is 0.161 e. The van der Waals surface area contributed by atoms with Gasteiger partial charge in [0.05, 0.1) is 6.61 Å². The molecule has 17 heavy (non-hydrogen) atoms. The molecule has 0 unspecified atom stereocenters. The van der Waals surface area contributed by atoms with Crippen LogP contribution in [0.1, 0.15) is 38.2 Å². The minimum Gasteiger partial charge on any atom is -0.504 e. The van der Waals surface area contributed by atoms with Crippen LogP contribution in [-0.4, -0.2) is 17.3 Å². The van der Waals surface area contributed by atoms with Crippen molar-refractivity contribution in [2.24, 2.45) is 5.73 Å². The van der Waals surface area contributed by atoms with Crippen LogP contribution >= 0.6 is 0 Å². The molecule has 2 aliphatic rings. The van der Waals surface area contributed by atoms with Crippen LogP contribution in [0.3, 0.4) is 0 Å². The molecule has 2 saturated carbocycles. The molecule has 3 N–H and O–H groups in total. The van der Waals surface area contributed by atoms with Crippen molar-refractivity contribution in [3.05, 3.63) is 23.8 Å². The highest BCUT2D eigenvalue weighted by atomic mass is 16.5. The molecule has 0 aliphatic heterocycles. The predicted octanol–water partition coefficient (Wildman–Crippen LogP) is 2.31. The van der Waals surface area contributed by atoms with E-state index in [4.69, 9.17) is 10.5 Å². The van der Waals surface area contributed by atoms with E-state index in [0.29, 0.717) is 18.1 Å². The van der Waals surface area contributed by atoms with Crippen LogP contribution in [0.25, 0.3) is 0 Å². The predicted molar refractivity (Wildman–Crippen MR) is 66.3 cm³/mol. The van der Waals surface area contributed by atoms with E-state index in [1.54, 1.807) is 0 Å². The minimum atomic E-state index is -0.0741. The Balaban J connectivity index is 2.01. The summed E-state index contributed by atoms with van der Waals surface area (Å²) in [5.74, 6) is 0.879. The van der Waals surface area contributed by atoms with Crippen molar-refractivity contribution >= 4 is 0 Å². The van der Waals surface area contributed by atoms with Crippen LogP contribution in [-0.2, 0) is 5.41 Å². The summed E-state index contributed by atoms with van der Waals surface area (Å²) < 4.78 is 5.44. The zero-order valence-electron chi connectivity index (χ0n) is 10.2. The lowest BCUT2D eigenvalue weighted by Crippen LogP contribution is -2.37. The van der Waals surface area contributed by atoms with E-state index in [9.17, 15) is 5.11 Å². The third-order valence-corrected chi connectivity index (χ3v) is 4.31. The number of rotatable bonds is 4. The van der Waals surface area contributed by atoms with E-state index in [2.05, 4.69) is 0 Å². The molecular weight excluding hydrogens is 214 g/mol. The number of phenolic OH excluding ortho intramolecular Hbond substituents is 1. The van der Waals surface area contributed by atoms with Crippen molar-refractivity contribution in [3.8, 4) is 11.5 Å². The molecule has 0 saturated heterocycles. The number of nitrogens with two attached hydrogens (primary N) is 1. The van der Waals surface area contributed by atoms with Crippen LogP contribution in [0.5, 0.6) is 11.5 Å². The van der Waals surface area contributed by atoms with E-state index in [1.807, 2.05) is 25.1 Å². The van der Waals surface area contributed by atoms with Gasteiger partial charge in [-0.3, -0.25) is 0 Å². The summed E-state index contributed by atoms with van der Waals surface area (Å²) in [5.41, 5.74) is 7.29. The molecule has 0 amide bonds. The first-order valence-corrected chi connectivity index (χ1v) is 6.37. The van der Waals surface area contributed by atoms with Crippen molar-refractivity contribution in [1.29, 1.82) is 0 Å². The summed E-state index contributed by atoms with van der Waals surface area (Å²) in [6, 6.07) is 5.76. The summed E-state index contributed by atoms with van der Waals surface area (Å²) in [7, 11) is 0. The summed E-state index contributed by atoms with van der Waals surface area (Å²) in [6.45, 7) is 2.49.